The molecule has 0 saturated heterocycles. The van der Waals surface area contributed by atoms with Crippen LogP contribution in [0, 0.1) is 0 Å². The zero-order chi connectivity index (χ0) is 8.48. The standard InChI is InChI=1S/C7H10BrNOS/c1-7(2,10)3-6-9-4-5(8)11-6/h4,10H,3H2,1-2H3. The number of rotatable bonds is 2. The van der Waals surface area contributed by atoms with Gasteiger partial charge < -0.3 is 5.11 Å². The molecule has 0 amide bonds. The molecule has 0 aliphatic heterocycles. The highest BCUT2D eigenvalue weighted by molar-refractivity contribution is 9.11. The Labute approximate surface area is 78.4 Å². The molecule has 62 valence electrons. The third-order valence-corrected chi connectivity index (χ3v) is 2.59. The summed E-state index contributed by atoms with van der Waals surface area (Å²) in [5.41, 5.74) is -0.655. The van der Waals surface area contributed by atoms with E-state index in [-0.39, 0.29) is 0 Å². The molecule has 1 N–H and O–H groups in total. The summed E-state index contributed by atoms with van der Waals surface area (Å²) in [7, 11) is 0. The van der Waals surface area contributed by atoms with Gasteiger partial charge in [-0.25, -0.2) is 4.98 Å². The van der Waals surface area contributed by atoms with Crippen molar-refractivity contribution >= 4 is 27.3 Å². The monoisotopic (exact) mass is 235 g/mol. The van der Waals surface area contributed by atoms with E-state index in [9.17, 15) is 5.11 Å². The first kappa shape index (κ1) is 9.16. The van der Waals surface area contributed by atoms with E-state index >= 15 is 0 Å². The van der Waals surface area contributed by atoms with Crippen molar-refractivity contribution < 1.29 is 5.11 Å². The second-order valence-corrected chi connectivity index (χ2v) is 5.54. The van der Waals surface area contributed by atoms with E-state index in [0.717, 1.165) is 8.79 Å². The summed E-state index contributed by atoms with van der Waals surface area (Å²) in [6.07, 6.45) is 2.37. The van der Waals surface area contributed by atoms with Crippen molar-refractivity contribution in [3.05, 3.63) is 15.0 Å². The summed E-state index contributed by atoms with van der Waals surface area (Å²) in [6.45, 7) is 3.56. The fraction of sp³-hybridized carbons (Fsp3) is 0.571. The van der Waals surface area contributed by atoms with Crippen molar-refractivity contribution in [1.82, 2.24) is 4.98 Å². The summed E-state index contributed by atoms with van der Waals surface area (Å²) >= 11 is 4.87. The molecule has 1 aromatic rings. The van der Waals surface area contributed by atoms with Crippen LogP contribution in [-0.4, -0.2) is 15.7 Å². The molecule has 1 rings (SSSR count). The van der Waals surface area contributed by atoms with Crippen LogP contribution in [0.25, 0.3) is 0 Å². The predicted octanol–water partition coefficient (Wildman–Crippen LogP) is 2.22. The molecule has 0 atom stereocenters. The van der Waals surface area contributed by atoms with E-state index < -0.39 is 5.60 Å². The van der Waals surface area contributed by atoms with Gasteiger partial charge in [-0.05, 0) is 29.8 Å². The number of aliphatic hydroxyl groups is 1. The molecule has 11 heavy (non-hydrogen) atoms. The minimum atomic E-state index is -0.655. The minimum Gasteiger partial charge on any atom is -0.390 e. The summed E-state index contributed by atoms with van der Waals surface area (Å²) in [5.74, 6) is 0. The lowest BCUT2D eigenvalue weighted by atomic mass is 10.1. The topological polar surface area (TPSA) is 33.1 Å². The Bertz CT molecular complexity index is 241. The van der Waals surface area contributed by atoms with Gasteiger partial charge in [0.2, 0.25) is 0 Å². The normalized spacial score (nSPS) is 12.0. The van der Waals surface area contributed by atoms with Crippen molar-refractivity contribution in [1.29, 1.82) is 0 Å². The second-order valence-electron chi connectivity index (χ2n) is 3.05. The lowest BCUT2D eigenvalue weighted by molar-refractivity contribution is 0.0809. The fourth-order valence-corrected chi connectivity index (χ4v) is 2.26. The maximum atomic E-state index is 9.43. The van der Waals surface area contributed by atoms with Crippen LogP contribution in [0.15, 0.2) is 9.98 Å². The molecule has 0 radical (unpaired) electrons. The minimum absolute atomic E-state index is 0.614. The van der Waals surface area contributed by atoms with Crippen molar-refractivity contribution in [2.75, 3.05) is 0 Å². The summed E-state index contributed by atoms with van der Waals surface area (Å²) < 4.78 is 1.01. The molecule has 0 aromatic carbocycles. The molecule has 4 heteroatoms. The van der Waals surface area contributed by atoms with Gasteiger partial charge in [0.15, 0.2) is 0 Å². The Hall–Kier alpha value is 0.0700. The third kappa shape index (κ3) is 3.31. The van der Waals surface area contributed by atoms with Crippen molar-refractivity contribution in [2.45, 2.75) is 25.9 Å². The first-order valence-corrected chi connectivity index (χ1v) is 4.91. The van der Waals surface area contributed by atoms with Crippen LogP contribution < -0.4 is 0 Å². The Morgan fingerprint density at radius 1 is 1.73 bits per heavy atom. The van der Waals surface area contributed by atoms with Crippen LogP contribution in [0.2, 0.25) is 0 Å². The third-order valence-electron chi connectivity index (χ3n) is 1.11. The lowest BCUT2D eigenvalue weighted by Gasteiger charge is -2.13. The molecule has 1 heterocycles. The smallest absolute Gasteiger partial charge is 0.0965 e. The second kappa shape index (κ2) is 3.21. The van der Waals surface area contributed by atoms with Gasteiger partial charge in [0.05, 0.1) is 20.6 Å². The highest BCUT2D eigenvalue weighted by Crippen LogP contribution is 2.22. The largest absolute Gasteiger partial charge is 0.390 e. The number of nitrogens with zero attached hydrogens (tertiary/aromatic N) is 1. The highest BCUT2D eigenvalue weighted by Gasteiger charge is 2.15. The zero-order valence-corrected chi connectivity index (χ0v) is 8.87. The van der Waals surface area contributed by atoms with Gasteiger partial charge in [0.25, 0.3) is 0 Å². The zero-order valence-electron chi connectivity index (χ0n) is 6.47. The van der Waals surface area contributed by atoms with Gasteiger partial charge >= 0.3 is 0 Å². The first-order valence-electron chi connectivity index (χ1n) is 3.30. The average molecular weight is 236 g/mol. The number of hydrogen-bond donors (Lipinski definition) is 1. The maximum absolute atomic E-state index is 9.43. The molecule has 2 nitrogen and oxygen atoms in total. The molecule has 0 aliphatic carbocycles. The molecular weight excluding hydrogens is 226 g/mol. The Morgan fingerprint density at radius 3 is 2.73 bits per heavy atom. The van der Waals surface area contributed by atoms with Crippen LogP contribution in [0.3, 0.4) is 0 Å². The first-order chi connectivity index (χ1) is 4.97. The number of hydrogen-bond acceptors (Lipinski definition) is 3. The van der Waals surface area contributed by atoms with Crippen molar-refractivity contribution in [3.63, 3.8) is 0 Å². The van der Waals surface area contributed by atoms with Crippen molar-refractivity contribution in [2.24, 2.45) is 0 Å². The van der Waals surface area contributed by atoms with Crippen LogP contribution in [-0.2, 0) is 6.42 Å². The molecule has 0 bridgehead atoms. The predicted molar refractivity (Wildman–Crippen MR) is 49.8 cm³/mol. The highest BCUT2D eigenvalue weighted by atomic mass is 79.9. The lowest BCUT2D eigenvalue weighted by Crippen LogP contribution is -2.21. The molecule has 0 unspecified atom stereocenters. The SMILES string of the molecule is CC(C)(O)Cc1ncc(Br)s1. The van der Waals surface area contributed by atoms with Gasteiger partial charge in [-0.1, -0.05) is 0 Å². The van der Waals surface area contributed by atoms with Gasteiger partial charge in [-0.2, -0.15) is 0 Å². The van der Waals surface area contributed by atoms with E-state index in [4.69, 9.17) is 0 Å². The molecule has 0 spiro atoms. The van der Waals surface area contributed by atoms with Crippen LogP contribution in [0.4, 0.5) is 0 Å². The summed E-state index contributed by atoms with van der Waals surface area (Å²) in [4.78, 5) is 4.11. The molecule has 0 aliphatic rings. The van der Waals surface area contributed by atoms with Gasteiger partial charge in [-0.15, -0.1) is 11.3 Å². The van der Waals surface area contributed by atoms with Crippen LogP contribution in [0.5, 0.6) is 0 Å². The Kier molecular flexibility index (Phi) is 2.67. The van der Waals surface area contributed by atoms with E-state index in [2.05, 4.69) is 20.9 Å². The van der Waals surface area contributed by atoms with Gasteiger partial charge in [0.1, 0.15) is 0 Å². The summed E-state index contributed by atoms with van der Waals surface area (Å²) in [6, 6.07) is 0. The van der Waals surface area contributed by atoms with Crippen LogP contribution in [0.1, 0.15) is 18.9 Å². The number of aromatic nitrogens is 1. The Morgan fingerprint density at radius 2 is 2.36 bits per heavy atom. The van der Waals surface area contributed by atoms with E-state index in [1.165, 1.54) is 0 Å². The van der Waals surface area contributed by atoms with Gasteiger partial charge in [-0.3, -0.25) is 0 Å². The molecular formula is C7H10BrNOS. The van der Waals surface area contributed by atoms with Crippen LogP contribution >= 0.6 is 27.3 Å². The molecule has 0 fully saturated rings. The average Bonchev–Trinajstić information content (AvgIpc) is 2.10. The van der Waals surface area contributed by atoms with E-state index in [1.807, 2.05) is 0 Å². The maximum Gasteiger partial charge on any atom is 0.0965 e. The van der Waals surface area contributed by atoms with Crippen molar-refractivity contribution in [3.8, 4) is 0 Å². The van der Waals surface area contributed by atoms with Gasteiger partial charge in [0, 0.05) is 6.42 Å². The fourth-order valence-electron chi connectivity index (χ4n) is 0.740. The summed E-state index contributed by atoms with van der Waals surface area (Å²) in [5, 5.41) is 10.4. The van der Waals surface area contributed by atoms with E-state index in [0.29, 0.717) is 6.42 Å². The van der Waals surface area contributed by atoms with E-state index in [1.54, 1.807) is 31.4 Å². The number of thiazole rings is 1. The quantitative estimate of drug-likeness (QED) is 0.854. The molecule has 0 saturated carbocycles. The number of halogens is 1. The Balaban J connectivity index is 2.65. The molecule has 1 aromatic heterocycles.